The van der Waals surface area contributed by atoms with Crippen molar-refractivity contribution in [3.8, 4) is 16.9 Å². The molecule has 3 rings (SSSR count). The molecule has 23 heavy (non-hydrogen) atoms. The molecule has 0 saturated carbocycles. The van der Waals surface area contributed by atoms with E-state index in [1.54, 1.807) is 6.07 Å². The molecule has 0 aliphatic heterocycles. The normalized spacial score (nSPS) is 11.7. The van der Waals surface area contributed by atoms with E-state index in [9.17, 15) is 13.2 Å². The van der Waals surface area contributed by atoms with E-state index in [0.717, 1.165) is 0 Å². The average Bonchev–Trinajstić information content (AvgIpc) is 2.50. The van der Waals surface area contributed by atoms with E-state index in [1.807, 2.05) is 0 Å². The molecule has 0 saturated heterocycles. The number of rotatable bonds is 2. The number of nitrogens with zero attached hydrogens (tertiary/aromatic N) is 2. The molecule has 0 spiro atoms. The summed E-state index contributed by atoms with van der Waals surface area (Å²) in [5, 5.41) is 0.425. The summed E-state index contributed by atoms with van der Waals surface area (Å²) < 4.78 is 41.1. The Morgan fingerprint density at radius 2 is 1.61 bits per heavy atom. The van der Waals surface area contributed by atoms with Crippen LogP contribution in [0.5, 0.6) is 5.75 Å². The van der Waals surface area contributed by atoms with Gasteiger partial charge in [0.05, 0.1) is 10.5 Å². The SMILES string of the molecule is FC(F)(F)Oc1ccc(-c2cc(Br)c(Cl)c3nccnc23)cc1. The van der Waals surface area contributed by atoms with E-state index in [-0.39, 0.29) is 5.75 Å². The first-order chi connectivity index (χ1) is 10.8. The molecule has 118 valence electrons. The van der Waals surface area contributed by atoms with E-state index in [2.05, 4.69) is 30.6 Å². The van der Waals surface area contributed by atoms with Crippen molar-refractivity contribution in [2.45, 2.75) is 6.36 Å². The fourth-order valence-corrected chi connectivity index (χ4v) is 2.73. The van der Waals surface area contributed by atoms with Crippen molar-refractivity contribution in [1.82, 2.24) is 9.97 Å². The minimum atomic E-state index is -4.72. The summed E-state index contributed by atoms with van der Waals surface area (Å²) in [6.07, 6.45) is -1.68. The summed E-state index contributed by atoms with van der Waals surface area (Å²) in [7, 11) is 0. The van der Waals surface area contributed by atoms with E-state index < -0.39 is 6.36 Å². The third kappa shape index (κ3) is 3.40. The zero-order valence-electron chi connectivity index (χ0n) is 11.2. The van der Waals surface area contributed by atoms with Crippen LogP contribution in [0.3, 0.4) is 0 Å². The second kappa shape index (κ2) is 5.98. The van der Waals surface area contributed by atoms with Crippen molar-refractivity contribution in [3.05, 3.63) is 52.2 Å². The average molecular weight is 404 g/mol. The molecule has 0 aliphatic carbocycles. The number of benzene rings is 2. The number of halogens is 5. The molecule has 3 nitrogen and oxygen atoms in total. The first kappa shape index (κ1) is 16.0. The Kier molecular flexibility index (Phi) is 4.16. The molecule has 1 aromatic heterocycles. The van der Waals surface area contributed by atoms with Crippen molar-refractivity contribution >= 4 is 38.6 Å². The van der Waals surface area contributed by atoms with Crippen LogP contribution in [0.15, 0.2) is 47.2 Å². The van der Waals surface area contributed by atoms with E-state index in [0.29, 0.717) is 31.7 Å². The van der Waals surface area contributed by atoms with Gasteiger partial charge in [0.1, 0.15) is 11.3 Å². The van der Waals surface area contributed by atoms with Crippen LogP contribution in [-0.2, 0) is 0 Å². The van der Waals surface area contributed by atoms with Crippen LogP contribution in [0.2, 0.25) is 5.02 Å². The lowest BCUT2D eigenvalue weighted by molar-refractivity contribution is -0.274. The predicted molar refractivity (Wildman–Crippen MR) is 84.4 cm³/mol. The fraction of sp³-hybridized carbons (Fsp3) is 0.0667. The van der Waals surface area contributed by atoms with Gasteiger partial charge in [-0.2, -0.15) is 0 Å². The summed E-state index contributed by atoms with van der Waals surface area (Å²) >= 11 is 9.53. The monoisotopic (exact) mass is 402 g/mol. The summed E-state index contributed by atoms with van der Waals surface area (Å²) in [5.74, 6) is -0.287. The number of hydrogen-bond acceptors (Lipinski definition) is 3. The second-order valence-corrected chi connectivity index (χ2v) is 5.78. The lowest BCUT2D eigenvalue weighted by atomic mass is 10.0. The van der Waals surface area contributed by atoms with Crippen molar-refractivity contribution in [2.75, 3.05) is 0 Å². The van der Waals surface area contributed by atoms with Crippen molar-refractivity contribution in [3.63, 3.8) is 0 Å². The van der Waals surface area contributed by atoms with Crippen LogP contribution in [0.1, 0.15) is 0 Å². The topological polar surface area (TPSA) is 35.0 Å². The molecule has 3 aromatic rings. The molecule has 0 aliphatic rings. The fourth-order valence-electron chi connectivity index (χ4n) is 2.12. The summed E-state index contributed by atoms with van der Waals surface area (Å²) in [4.78, 5) is 8.46. The highest BCUT2D eigenvalue weighted by Crippen LogP contribution is 2.37. The molecular formula is C15H7BrClF3N2O. The largest absolute Gasteiger partial charge is 0.573 e. The lowest BCUT2D eigenvalue weighted by Crippen LogP contribution is -2.16. The molecule has 2 aromatic carbocycles. The highest BCUT2D eigenvalue weighted by atomic mass is 79.9. The second-order valence-electron chi connectivity index (χ2n) is 4.55. The minimum Gasteiger partial charge on any atom is -0.406 e. The number of aromatic nitrogens is 2. The van der Waals surface area contributed by atoms with Crippen LogP contribution in [-0.4, -0.2) is 16.3 Å². The first-order valence-electron chi connectivity index (χ1n) is 6.30. The minimum absolute atomic E-state index is 0.287. The maximum Gasteiger partial charge on any atom is 0.573 e. The van der Waals surface area contributed by atoms with Crippen LogP contribution in [0.25, 0.3) is 22.2 Å². The third-order valence-electron chi connectivity index (χ3n) is 3.04. The van der Waals surface area contributed by atoms with E-state index >= 15 is 0 Å². The van der Waals surface area contributed by atoms with Gasteiger partial charge in [-0.3, -0.25) is 9.97 Å². The van der Waals surface area contributed by atoms with Gasteiger partial charge in [-0.05, 0) is 39.7 Å². The van der Waals surface area contributed by atoms with Crippen molar-refractivity contribution in [1.29, 1.82) is 0 Å². The molecule has 0 bridgehead atoms. The van der Waals surface area contributed by atoms with Crippen LogP contribution in [0, 0.1) is 0 Å². The van der Waals surface area contributed by atoms with Crippen LogP contribution in [0.4, 0.5) is 13.2 Å². The maximum atomic E-state index is 12.2. The quantitative estimate of drug-likeness (QED) is 0.558. The molecule has 1 heterocycles. The van der Waals surface area contributed by atoms with Gasteiger partial charge in [0, 0.05) is 22.4 Å². The Balaban J connectivity index is 2.09. The zero-order chi connectivity index (χ0) is 16.6. The molecule has 0 unspecified atom stereocenters. The summed E-state index contributed by atoms with van der Waals surface area (Å²) in [6, 6.07) is 7.27. The van der Waals surface area contributed by atoms with Crippen molar-refractivity contribution < 1.29 is 17.9 Å². The van der Waals surface area contributed by atoms with Crippen molar-refractivity contribution in [2.24, 2.45) is 0 Å². The first-order valence-corrected chi connectivity index (χ1v) is 7.47. The van der Waals surface area contributed by atoms with E-state index in [1.165, 1.54) is 36.7 Å². The van der Waals surface area contributed by atoms with Gasteiger partial charge < -0.3 is 4.74 Å². The third-order valence-corrected chi connectivity index (χ3v) is 4.28. The summed E-state index contributed by atoms with van der Waals surface area (Å²) in [5.41, 5.74) is 2.43. The van der Waals surface area contributed by atoms with Gasteiger partial charge in [-0.1, -0.05) is 23.7 Å². The lowest BCUT2D eigenvalue weighted by Gasteiger charge is -2.11. The van der Waals surface area contributed by atoms with Gasteiger partial charge in [-0.25, -0.2) is 0 Å². The van der Waals surface area contributed by atoms with E-state index in [4.69, 9.17) is 11.6 Å². The smallest absolute Gasteiger partial charge is 0.406 e. The Morgan fingerprint density at radius 1 is 1.00 bits per heavy atom. The number of ether oxygens (including phenoxy) is 1. The van der Waals surface area contributed by atoms with Gasteiger partial charge in [-0.15, -0.1) is 13.2 Å². The number of alkyl halides is 3. The Bertz CT molecular complexity index is 869. The van der Waals surface area contributed by atoms with Crippen LogP contribution >= 0.6 is 27.5 Å². The maximum absolute atomic E-state index is 12.2. The van der Waals surface area contributed by atoms with Gasteiger partial charge in [0.25, 0.3) is 0 Å². The molecular weight excluding hydrogens is 397 g/mol. The predicted octanol–water partition coefficient (Wildman–Crippen LogP) is 5.61. The van der Waals surface area contributed by atoms with Gasteiger partial charge >= 0.3 is 6.36 Å². The molecule has 0 amide bonds. The van der Waals surface area contributed by atoms with Gasteiger partial charge in [0.2, 0.25) is 0 Å². The Hall–Kier alpha value is -1.86. The molecule has 0 atom stereocenters. The van der Waals surface area contributed by atoms with Crippen LogP contribution < -0.4 is 4.74 Å². The standard InChI is InChI=1S/C15H7BrClF3N2O/c16-11-7-10(13-14(12(11)17)22-6-5-21-13)8-1-3-9(4-2-8)23-15(18,19)20/h1-7H. The molecule has 0 radical (unpaired) electrons. The highest BCUT2D eigenvalue weighted by molar-refractivity contribution is 9.10. The van der Waals surface area contributed by atoms with Gasteiger partial charge in [0.15, 0.2) is 0 Å². The Morgan fingerprint density at radius 3 is 2.22 bits per heavy atom. The summed E-state index contributed by atoms with van der Waals surface area (Å²) in [6.45, 7) is 0. The number of hydrogen-bond donors (Lipinski definition) is 0. The zero-order valence-corrected chi connectivity index (χ0v) is 13.6. The molecule has 0 N–H and O–H groups in total. The Labute approximate surface area is 142 Å². The number of fused-ring (bicyclic) bond motifs is 1. The highest BCUT2D eigenvalue weighted by Gasteiger charge is 2.31. The molecule has 0 fully saturated rings. The molecule has 8 heteroatoms.